The van der Waals surface area contributed by atoms with E-state index in [1.54, 1.807) is 18.2 Å². The van der Waals surface area contributed by atoms with Gasteiger partial charge in [-0.25, -0.2) is 4.98 Å². The highest BCUT2D eigenvalue weighted by molar-refractivity contribution is 6.39. The maximum Gasteiger partial charge on any atom is 0.256 e. The van der Waals surface area contributed by atoms with E-state index in [0.717, 1.165) is 49.8 Å². The van der Waals surface area contributed by atoms with Gasteiger partial charge < -0.3 is 25.3 Å². The maximum absolute atomic E-state index is 12.3. The Hall–Kier alpha value is -3.11. The van der Waals surface area contributed by atoms with Crippen LogP contribution in [0.1, 0.15) is 15.9 Å². The average molecular weight is 532 g/mol. The summed E-state index contributed by atoms with van der Waals surface area (Å²) in [5.74, 6) is 0.215. The van der Waals surface area contributed by atoms with Crippen molar-refractivity contribution in [2.75, 3.05) is 51.9 Å². The molecule has 4 rings (SSSR count). The molecule has 1 amide bonds. The Balaban J connectivity index is 1.57. The fourth-order valence-corrected chi connectivity index (χ4v) is 4.47. The fourth-order valence-electron chi connectivity index (χ4n) is 3.90. The van der Waals surface area contributed by atoms with E-state index in [0.29, 0.717) is 22.2 Å². The molecule has 0 atom stereocenters. The predicted octanol–water partition coefficient (Wildman–Crippen LogP) is 4.32. The number of nitrogens with zero attached hydrogens (tertiary/aromatic N) is 3. The van der Waals surface area contributed by atoms with Crippen LogP contribution in [-0.2, 0) is 4.74 Å². The normalized spacial score (nSPS) is 13.9. The standard InChI is InChI=1S/C25H27Cl2N5O4/c1-15-14-16(6-7-19(15)36-13-10-32-8-11-35-12-9-32)29-25-30-22(20-17(26)4-3-5-18(20)27)21(23(28)33)24(31-25)34-2/h3-7,14H,8-13H2,1-2H3,(H2,28,33)(H,29,30,31). The number of nitrogens with one attached hydrogen (secondary N) is 1. The molecule has 1 saturated heterocycles. The smallest absolute Gasteiger partial charge is 0.256 e. The van der Waals surface area contributed by atoms with E-state index >= 15 is 0 Å². The zero-order valence-corrected chi connectivity index (χ0v) is 21.5. The molecule has 1 aliphatic heterocycles. The molecule has 11 heteroatoms. The van der Waals surface area contributed by atoms with Crippen LogP contribution in [0, 0.1) is 6.92 Å². The van der Waals surface area contributed by atoms with Gasteiger partial charge in [0.1, 0.15) is 17.9 Å². The summed E-state index contributed by atoms with van der Waals surface area (Å²) in [5, 5.41) is 3.77. The Labute approximate surface area is 219 Å². The molecular formula is C25H27Cl2N5O4. The van der Waals surface area contributed by atoms with Gasteiger partial charge in [0.2, 0.25) is 11.8 Å². The van der Waals surface area contributed by atoms with E-state index < -0.39 is 5.91 Å². The van der Waals surface area contributed by atoms with Gasteiger partial charge in [0.25, 0.3) is 5.91 Å². The minimum atomic E-state index is -0.765. The Morgan fingerprint density at radius 2 is 1.89 bits per heavy atom. The van der Waals surface area contributed by atoms with E-state index in [4.69, 9.17) is 43.1 Å². The third-order valence-electron chi connectivity index (χ3n) is 5.71. The number of carbonyl (C=O) groups excluding carboxylic acids is 1. The third-order valence-corrected chi connectivity index (χ3v) is 6.34. The summed E-state index contributed by atoms with van der Waals surface area (Å²) < 4.78 is 16.7. The fraction of sp³-hybridized carbons (Fsp3) is 0.320. The van der Waals surface area contributed by atoms with E-state index in [-0.39, 0.29) is 23.1 Å². The summed E-state index contributed by atoms with van der Waals surface area (Å²) in [6, 6.07) is 10.7. The molecule has 0 unspecified atom stereocenters. The van der Waals surface area contributed by atoms with Gasteiger partial charge in [-0.15, -0.1) is 0 Å². The zero-order chi connectivity index (χ0) is 25.7. The number of hydrogen-bond donors (Lipinski definition) is 2. The van der Waals surface area contributed by atoms with Crippen molar-refractivity contribution in [3.8, 4) is 22.9 Å². The number of primary amides is 1. The summed E-state index contributed by atoms with van der Waals surface area (Å²) in [5.41, 5.74) is 7.81. The molecule has 1 aromatic heterocycles. The lowest BCUT2D eigenvalue weighted by molar-refractivity contribution is 0.0322. The number of rotatable bonds is 9. The SMILES string of the molecule is COc1nc(Nc2ccc(OCCN3CCOCC3)c(C)c2)nc(-c2c(Cl)cccc2Cl)c1C(N)=O. The van der Waals surface area contributed by atoms with Crippen molar-refractivity contribution in [1.82, 2.24) is 14.9 Å². The van der Waals surface area contributed by atoms with Crippen molar-refractivity contribution in [3.63, 3.8) is 0 Å². The van der Waals surface area contributed by atoms with E-state index in [1.165, 1.54) is 7.11 Å². The molecule has 2 aromatic carbocycles. The topological polar surface area (TPSA) is 112 Å². The summed E-state index contributed by atoms with van der Waals surface area (Å²) in [7, 11) is 1.39. The molecular weight excluding hydrogens is 505 g/mol. The van der Waals surface area contributed by atoms with Crippen molar-refractivity contribution in [2.45, 2.75) is 6.92 Å². The third kappa shape index (κ3) is 5.99. The Morgan fingerprint density at radius 1 is 1.17 bits per heavy atom. The number of benzene rings is 2. The second kappa shape index (κ2) is 11.7. The van der Waals surface area contributed by atoms with Gasteiger partial charge in [0, 0.05) is 30.9 Å². The minimum Gasteiger partial charge on any atom is -0.492 e. The number of nitrogens with two attached hydrogens (primary N) is 1. The van der Waals surface area contributed by atoms with Crippen LogP contribution in [0.2, 0.25) is 10.0 Å². The number of ether oxygens (including phenoxy) is 3. The molecule has 1 fully saturated rings. The first-order valence-corrected chi connectivity index (χ1v) is 12.1. The number of hydrogen-bond acceptors (Lipinski definition) is 8. The number of amides is 1. The summed E-state index contributed by atoms with van der Waals surface area (Å²) >= 11 is 12.8. The monoisotopic (exact) mass is 531 g/mol. The Kier molecular flexibility index (Phi) is 8.48. The Bertz CT molecular complexity index is 1230. The van der Waals surface area contributed by atoms with E-state index in [1.807, 2.05) is 25.1 Å². The first kappa shape index (κ1) is 26.0. The molecule has 0 radical (unpaired) electrons. The van der Waals surface area contributed by atoms with Gasteiger partial charge in [0.15, 0.2) is 0 Å². The Morgan fingerprint density at radius 3 is 2.53 bits per heavy atom. The largest absolute Gasteiger partial charge is 0.492 e. The predicted molar refractivity (Wildman–Crippen MR) is 140 cm³/mol. The molecule has 36 heavy (non-hydrogen) atoms. The average Bonchev–Trinajstić information content (AvgIpc) is 2.85. The second-order valence-electron chi connectivity index (χ2n) is 8.15. The van der Waals surface area contributed by atoms with E-state index in [2.05, 4.69) is 20.2 Å². The highest BCUT2D eigenvalue weighted by atomic mass is 35.5. The van der Waals surface area contributed by atoms with Gasteiger partial charge in [0.05, 0.1) is 36.1 Å². The first-order chi connectivity index (χ1) is 17.4. The first-order valence-electron chi connectivity index (χ1n) is 11.4. The quantitative estimate of drug-likeness (QED) is 0.419. The summed E-state index contributed by atoms with van der Waals surface area (Å²) in [6.45, 7) is 6.76. The van der Waals surface area contributed by atoms with E-state index in [9.17, 15) is 4.79 Å². The number of carbonyl (C=O) groups is 1. The van der Waals surface area contributed by atoms with Gasteiger partial charge >= 0.3 is 0 Å². The van der Waals surface area contributed by atoms with Crippen molar-refractivity contribution in [3.05, 3.63) is 57.6 Å². The number of morpholine rings is 1. The number of anilines is 2. The lowest BCUT2D eigenvalue weighted by Crippen LogP contribution is -2.38. The van der Waals surface area contributed by atoms with Gasteiger partial charge in [-0.2, -0.15) is 4.98 Å². The molecule has 9 nitrogen and oxygen atoms in total. The molecule has 190 valence electrons. The molecule has 0 bridgehead atoms. The van der Waals surface area contributed by atoms with Crippen LogP contribution in [0.3, 0.4) is 0 Å². The lowest BCUT2D eigenvalue weighted by atomic mass is 10.1. The highest BCUT2D eigenvalue weighted by Gasteiger charge is 2.24. The van der Waals surface area contributed by atoms with Crippen molar-refractivity contribution in [2.24, 2.45) is 5.73 Å². The van der Waals surface area contributed by atoms with Crippen LogP contribution in [0.5, 0.6) is 11.6 Å². The molecule has 3 aromatic rings. The molecule has 2 heterocycles. The molecule has 1 aliphatic rings. The lowest BCUT2D eigenvalue weighted by Gasteiger charge is -2.26. The number of aryl methyl sites for hydroxylation is 1. The number of halogens is 2. The van der Waals surface area contributed by atoms with Crippen LogP contribution in [0.25, 0.3) is 11.3 Å². The molecule has 0 spiro atoms. The summed E-state index contributed by atoms with van der Waals surface area (Å²) in [6.07, 6.45) is 0. The van der Waals surface area contributed by atoms with Crippen molar-refractivity contribution < 1.29 is 19.0 Å². The van der Waals surface area contributed by atoms with Crippen molar-refractivity contribution >= 4 is 40.7 Å². The highest BCUT2D eigenvalue weighted by Crippen LogP contribution is 2.38. The van der Waals surface area contributed by atoms with Crippen LogP contribution in [0.4, 0.5) is 11.6 Å². The minimum absolute atomic E-state index is 0.00535. The number of aromatic nitrogens is 2. The van der Waals surface area contributed by atoms with Crippen LogP contribution in [0.15, 0.2) is 36.4 Å². The van der Waals surface area contributed by atoms with Crippen molar-refractivity contribution in [1.29, 1.82) is 0 Å². The van der Waals surface area contributed by atoms with Crippen LogP contribution >= 0.6 is 23.2 Å². The van der Waals surface area contributed by atoms with Crippen LogP contribution in [-0.4, -0.2) is 67.3 Å². The van der Waals surface area contributed by atoms with Gasteiger partial charge in [-0.1, -0.05) is 29.3 Å². The number of methoxy groups -OCH3 is 1. The zero-order valence-electron chi connectivity index (χ0n) is 20.0. The van der Waals surface area contributed by atoms with Gasteiger partial charge in [-0.3, -0.25) is 9.69 Å². The summed E-state index contributed by atoms with van der Waals surface area (Å²) in [4.78, 5) is 23.4. The van der Waals surface area contributed by atoms with Gasteiger partial charge in [-0.05, 0) is 42.8 Å². The molecule has 0 aliphatic carbocycles. The molecule has 3 N–H and O–H groups in total. The molecule has 0 saturated carbocycles. The maximum atomic E-state index is 12.3. The van der Waals surface area contributed by atoms with Crippen LogP contribution < -0.4 is 20.5 Å². The second-order valence-corrected chi connectivity index (χ2v) is 8.96.